The highest BCUT2D eigenvalue weighted by Gasteiger charge is 2.05. The van der Waals surface area contributed by atoms with Crippen LogP contribution in [-0.2, 0) is 6.54 Å². The van der Waals surface area contributed by atoms with Crippen molar-refractivity contribution in [3.05, 3.63) is 34.9 Å². The molecule has 84 valence electrons. The molecule has 1 aromatic rings. The van der Waals surface area contributed by atoms with Crippen LogP contribution in [0.25, 0.3) is 0 Å². The zero-order chi connectivity index (χ0) is 11.1. The number of benzene rings is 1. The Morgan fingerprint density at radius 2 is 2.13 bits per heavy atom. The first kappa shape index (κ1) is 12.9. The second-order valence-electron chi connectivity index (χ2n) is 3.53. The molecule has 0 aliphatic heterocycles. The van der Waals surface area contributed by atoms with Gasteiger partial charge in [0.05, 0.1) is 0 Å². The molecule has 1 nitrogen and oxygen atoms in total. The number of nitrogens with one attached hydrogen (secondary N) is 1. The third-order valence-electron chi connectivity index (χ3n) is 2.40. The summed E-state index contributed by atoms with van der Waals surface area (Å²) in [5, 5.41) is 4.37. The number of hydrogen-bond acceptors (Lipinski definition) is 2. The van der Waals surface area contributed by atoms with E-state index in [1.54, 1.807) is 0 Å². The van der Waals surface area contributed by atoms with Gasteiger partial charge in [0.15, 0.2) is 0 Å². The summed E-state index contributed by atoms with van der Waals surface area (Å²) in [5.74, 6) is 1.15. The first-order valence-electron chi connectivity index (χ1n) is 5.23. The molecule has 0 heterocycles. The Hall–Kier alpha value is -0.180. The predicted octanol–water partition coefficient (Wildman–Crippen LogP) is 3.57. The second kappa shape index (κ2) is 7.15. The largest absolute Gasteiger partial charge is 0.309 e. The van der Waals surface area contributed by atoms with Gasteiger partial charge in [-0.15, -0.1) is 0 Å². The molecular weight excluding hydrogens is 226 g/mol. The van der Waals surface area contributed by atoms with Crippen LogP contribution in [0.2, 0.25) is 5.02 Å². The molecule has 0 saturated carbocycles. The van der Waals surface area contributed by atoms with Gasteiger partial charge in [-0.25, -0.2) is 0 Å². The van der Waals surface area contributed by atoms with Gasteiger partial charge in [0, 0.05) is 23.4 Å². The summed E-state index contributed by atoms with van der Waals surface area (Å²) in [4.78, 5) is 0. The van der Waals surface area contributed by atoms with Gasteiger partial charge in [-0.3, -0.25) is 0 Å². The Morgan fingerprint density at radius 3 is 2.73 bits per heavy atom. The average molecular weight is 244 g/mol. The fourth-order valence-corrected chi connectivity index (χ4v) is 2.38. The normalized spacial score (nSPS) is 12.7. The maximum Gasteiger partial charge on any atom is 0.0450 e. The van der Waals surface area contributed by atoms with Crippen molar-refractivity contribution in [1.82, 2.24) is 5.32 Å². The van der Waals surface area contributed by atoms with E-state index >= 15 is 0 Å². The summed E-state index contributed by atoms with van der Waals surface area (Å²) >= 11 is 7.96. The molecule has 0 amide bonds. The van der Waals surface area contributed by atoms with Gasteiger partial charge in [0.1, 0.15) is 0 Å². The molecule has 0 aromatic heterocycles. The Balaban J connectivity index is 2.45. The number of halogens is 1. The lowest BCUT2D eigenvalue weighted by atomic mass is 10.2. The average Bonchev–Trinajstić information content (AvgIpc) is 2.26. The van der Waals surface area contributed by atoms with E-state index < -0.39 is 0 Å². The number of thioether (sulfide) groups is 1. The summed E-state index contributed by atoms with van der Waals surface area (Å²) in [6.07, 6.45) is 3.30. The summed E-state index contributed by atoms with van der Waals surface area (Å²) in [5.41, 5.74) is 1.18. The van der Waals surface area contributed by atoms with E-state index in [2.05, 4.69) is 24.6 Å². The molecule has 1 aromatic carbocycles. The first-order chi connectivity index (χ1) is 7.27. The Morgan fingerprint density at radius 1 is 1.40 bits per heavy atom. The van der Waals surface area contributed by atoms with Crippen LogP contribution in [-0.4, -0.2) is 18.1 Å². The van der Waals surface area contributed by atoms with Crippen LogP contribution in [0, 0.1) is 0 Å². The molecule has 0 aliphatic carbocycles. The monoisotopic (exact) mass is 243 g/mol. The minimum Gasteiger partial charge on any atom is -0.309 e. The number of hydrogen-bond donors (Lipinski definition) is 1. The van der Waals surface area contributed by atoms with Crippen molar-refractivity contribution in [2.45, 2.75) is 25.9 Å². The molecule has 0 bridgehead atoms. The van der Waals surface area contributed by atoms with Crippen molar-refractivity contribution in [3.63, 3.8) is 0 Å². The molecule has 1 rings (SSSR count). The molecule has 0 radical (unpaired) electrons. The maximum atomic E-state index is 6.08. The van der Waals surface area contributed by atoms with Crippen LogP contribution in [0.1, 0.15) is 18.9 Å². The van der Waals surface area contributed by atoms with Crippen LogP contribution in [0.4, 0.5) is 0 Å². The molecule has 0 saturated heterocycles. The Bertz CT molecular complexity index is 291. The molecule has 0 fully saturated rings. The third-order valence-corrected chi connectivity index (χ3v) is 3.50. The first-order valence-corrected chi connectivity index (χ1v) is 7.00. The fraction of sp³-hybridized carbons (Fsp3) is 0.500. The van der Waals surface area contributed by atoms with E-state index in [9.17, 15) is 0 Å². The standard InChI is InChI=1S/C12H18ClNS/c1-3-11(9-15-2)14-8-10-6-4-5-7-12(10)13/h4-7,11,14H,3,8-9H2,1-2H3. The van der Waals surface area contributed by atoms with Crippen molar-refractivity contribution in [3.8, 4) is 0 Å². The molecule has 1 unspecified atom stereocenters. The van der Waals surface area contributed by atoms with Crippen molar-refractivity contribution >= 4 is 23.4 Å². The van der Waals surface area contributed by atoms with E-state index in [1.165, 1.54) is 5.56 Å². The number of rotatable bonds is 6. The zero-order valence-electron chi connectivity index (χ0n) is 9.29. The Labute approximate surface area is 102 Å². The highest BCUT2D eigenvalue weighted by molar-refractivity contribution is 7.98. The van der Waals surface area contributed by atoms with Crippen LogP contribution in [0.5, 0.6) is 0 Å². The molecule has 3 heteroatoms. The lowest BCUT2D eigenvalue weighted by Gasteiger charge is -2.16. The van der Waals surface area contributed by atoms with Crippen LogP contribution < -0.4 is 5.32 Å². The topological polar surface area (TPSA) is 12.0 Å². The summed E-state index contributed by atoms with van der Waals surface area (Å²) in [6, 6.07) is 8.58. The van der Waals surface area contributed by atoms with Crippen molar-refractivity contribution in [2.24, 2.45) is 0 Å². The van der Waals surface area contributed by atoms with Gasteiger partial charge in [0.25, 0.3) is 0 Å². The van der Waals surface area contributed by atoms with Crippen molar-refractivity contribution in [2.75, 3.05) is 12.0 Å². The van der Waals surface area contributed by atoms with E-state index in [0.29, 0.717) is 6.04 Å². The van der Waals surface area contributed by atoms with Crippen LogP contribution >= 0.6 is 23.4 Å². The quantitative estimate of drug-likeness (QED) is 0.820. The molecule has 1 N–H and O–H groups in total. The van der Waals surface area contributed by atoms with E-state index in [4.69, 9.17) is 11.6 Å². The summed E-state index contributed by atoms with van der Waals surface area (Å²) < 4.78 is 0. The van der Waals surface area contributed by atoms with Crippen LogP contribution in [0.15, 0.2) is 24.3 Å². The van der Waals surface area contributed by atoms with Gasteiger partial charge in [-0.2, -0.15) is 11.8 Å². The molecular formula is C12H18ClNS. The van der Waals surface area contributed by atoms with Crippen molar-refractivity contribution < 1.29 is 0 Å². The molecule has 0 aliphatic rings. The summed E-state index contributed by atoms with van der Waals surface area (Å²) in [7, 11) is 0. The minimum atomic E-state index is 0.580. The third kappa shape index (κ3) is 4.45. The van der Waals surface area contributed by atoms with E-state index in [1.807, 2.05) is 30.0 Å². The lowest BCUT2D eigenvalue weighted by molar-refractivity contribution is 0.541. The van der Waals surface area contributed by atoms with Gasteiger partial charge < -0.3 is 5.32 Å². The molecule has 1 atom stereocenters. The van der Waals surface area contributed by atoms with E-state index in [-0.39, 0.29) is 0 Å². The maximum absolute atomic E-state index is 6.08. The van der Waals surface area contributed by atoms with Crippen LogP contribution in [0.3, 0.4) is 0 Å². The van der Waals surface area contributed by atoms with Gasteiger partial charge in [0.2, 0.25) is 0 Å². The van der Waals surface area contributed by atoms with Gasteiger partial charge >= 0.3 is 0 Å². The highest BCUT2D eigenvalue weighted by Crippen LogP contribution is 2.15. The zero-order valence-corrected chi connectivity index (χ0v) is 10.9. The predicted molar refractivity (Wildman–Crippen MR) is 70.8 cm³/mol. The smallest absolute Gasteiger partial charge is 0.0450 e. The van der Waals surface area contributed by atoms with Gasteiger partial charge in [-0.05, 0) is 24.3 Å². The Kier molecular flexibility index (Phi) is 6.15. The lowest BCUT2D eigenvalue weighted by Crippen LogP contribution is -2.30. The second-order valence-corrected chi connectivity index (χ2v) is 4.85. The molecule has 15 heavy (non-hydrogen) atoms. The van der Waals surface area contributed by atoms with E-state index in [0.717, 1.165) is 23.7 Å². The fourth-order valence-electron chi connectivity index (χ4n) is 1.42. The SMILES string of the molecule is CCC(CSC)NCc1ccccc1Cl. The minimum absolute atomic E-state index is 0.580. The van der Waals surface area contributed by atoms with Gasteiger partial charge in [-0.1, -0.05) is 36.7 Å². The van der Waals surface area contributed by atoms with Crippen molar-refractivity contribution in [1.29, 1.82) is 0 Å². The highest BCUT2D eigenvalue weighted by atomic mass is 35.5. The molecule has 0 spiro atoms. The summed E-state index contributed by atoms with van der Waals surface area (Å²) in [6.45, 7) is 3.07.